The van der Waals surface area contributed by atoms with Crippen LogP contribution in [0.15, 0.2) is 36.5 Å². The van der Waals surface area contributed by atoms with Crippen molar-refractivity contribution >= 4 is 40.3 Å². The number of nitrogens with one attached hydrogen (secondary N) is 2. The third-order valence-electron chi connectivity index (χ3n) is 6.51. The van der Waals surface area contributed by atoms with Crippen molar-refractivity contribution in [1.82, 2.24) is 19.9 Å². The summed E-state index contributed by atoms with van der Waals surface area (Å²) in [4.78, 5) is 19.7. The topological polar surface area (TPSA) is 69.2 Å². The molecule has 0 aliphatic carbocycles. The molecular weight excluding hydrogens is 430 g/mol. The quantitative estimate of drug-likeness (QED) is 0.559. The van der Waals surface area contributed by atoms with Crippen molar-refractivity contribution < 1.29 is 0 Å². The van der Waals surface area contributed by atoms with Gasteiger partial charge in [0, 0.05) is 49.1 Å². The SMILES string of the molecule is Cc1ccc2c(c1)NC(=S)Cc1cnc(Nc3ccc(N(C)C4CCN(C)C4)nc3C)nc1-2. The van der Waals surface area contributed by atoms with Crippen molar-refractivity contribution in [3.63, 3.8) is 0 Å². The van der Waals surface area contributed by atoms with Crippen LogP contribution in [0.25, 0.3) is 11.3 Å². The highest BCUT2D eigenvalue weighted by Crippen LogP contribution is 2.34. The molecule has 0 bridgehead atoms. The highest BCUT2D eigenvalue weighted by Gasteiger charge is 2.24. The van der Waals surface area contributed by atoms with Gasteiger partial charge in [-0.25, -0.2) is 15.0 Å². The second-order valence-electron chi connectivity index (χ2n) is 9.08. The minimum absolute atomic E-state index is 0.497. The molecule has 0 radical (unpaired) electrons. The summed E-state index contributed by atoms with van der Waals surface area (Å²) in [6.45, 7) is 6.29. The molecule has 1 saturated heterocycles. The van der Waals surface area contributed by atoms with Crippen LogP contribution in [0.1, 0.15) is 23.2 Å². The molecule has 5 rings (SSSR count). The Morgan fingerprint density at radius 3 is 2.79 bits per heavy atom. The Morgan fingerprint density at radius 2 is 2.03 bits per heavy atom. The molecule has 2 aliphatic heterocycles. The van der Waals surface area contributed by atoms with Crippen molar-refractivity contribution in [2.75, 3.05) is 42.7 Å². The summed E-state index contributed by atoms with van der Waals surface area (Å²) >= 11 is 5.52. The van der Waals surface area contributed by atoms with E-state index >= 15 is 0 Å². The lowest BCUT2D eigenvalue weighted by Gasteiger charge is -2.26. The zero-order valence-corrected chi connectivity index (χ0v) is 20.3. The van der Waals surface area contributed by atoms with Crippen molar-refractivity contribution in [3.05, 3.63) is 53.3 Å². The van der Waals surface area contributed by atoms with E-state index in [1.807, 2.05) is 13.1 Å². The second kappa shape index (κ2) is 8.68. The Bertz CT molecular complexity index is 1230. The predicted octanol–water partition coefficient (Wildman–Crippen LogP) is 4.33. The fourth-order valence-electron chi connectivity index (χ4n) is 4.58. The summed E-state index contributed by atoms with van der Waals surface area (Å²) in [5, 5.41) is 6.73. The van der Waals surface area contributed by atoms with E-state index in [1.165, 1.54) is 5.56 Å². The molecule has 1 fully saturated rings. The molecule has 2 aromatic heterocycles. The van der Waals surface area contributed by atoms with E-state index < -0.39 is 0 Å². The maximum atomic E-state index is 5.52. The van der Waals surface area contributed by atoms with Crippen LogP contribution in [-0.2, 0) is 6.42 Å². The summed E-state index contributed by atoms with van der Waals surface area (Å²) in [7, 11) is 4.30. The number of likely N-dealkylation sites (N-methyl/N-ethyl adjacent to an activating group) is 2. The Morgan fingerprint density at radius 1 is 1.18 bits per heavy atom. The van der Waals surface area contributed by atoms with Gasteiger partial charge in [0.05, 0.1) is 22.1 Å². The minimum atomic E-state index is 0.497. The molecule has 33 heavy (non-hydrogen) atoms. The molecule has 0 amide bonds. The average molecular weight is 460 g/mol. The predicted molar refractivity (Wildman–Crippen MR) is 139 cm³/mol. The van der Waals surface area contributed by atoms with Gasteiger partial charge in [-0.1, -0.05) is 24.4 Å². The minimum Gasteiger partial charge on any atom is -0.355 e. The number of nitrogens with zero attached hydrogens (tertiary/aromatic N) is 5. The molecule has 0 saturated carbocycles. The van der Waals surface area contributed by atoms with Gasteiger partial charge in [-0.15, -0.1) is 0 Å². The fraction of sp³-hybridized carbons (Fsp3) is 0.360. The van der Waals surface area contributed by atoms with Crippen molar-refractivity contribution in [1.29, 1.82) is 0 Å². The molecule has 7 nitrogen and oxygen atoms in total. The average Bonchev–Trinajstić information content (AvgIpc) is 3.16. The van der Waals surface area contributed by atoms with Gasteiger partial charge < -0.3 is 20.4 Å². The smallest absolute Gasteiger partial charge is 0.227 e. The molecule has 1 atom stereocenters. The molecule has 4 heterocycles. The number of benzene rings is 1. The maximum Gasteiger partial charge on any atom is 0.227 e. The maximum absolute atomic E-state index is 5.52. The number of aryl methyl sites for hydroxylation is 2. The normalized spacial score (nSPS) is 17.7. The van der Waals surface area contributed by atoms with Crippen molar-refractivity contribution in [3.8, 4) is 11.3 Å². The summed E-state index contributed by atoms with van der Waals surface area (Å²) in [5.41, 5.74) is 6.96. The van der Waals surface area contributed by atoms with Crippen LogP contribution < -0.4 is 15.5 Å². The number of fused-ring (bicyclic) bond motifs is 3. The number of aromatic nitrogens is 3. The highest BCUT2D eigenvalue weighted by molar-refractivity contribution is 7.80. The molecule has 8 heteroatoms. The number of anilines is 4. The fourth-order valence-corrected chi connectivity index (χ4v) is 4.84. The zero-order chi connectivity index (χ0) is 23.1. The van der Waals surface area contributed by atoms with E-state index in [0.29, 0.717) is 18.4 Å². The van der Waals surface area contributed by atoms with Gasteiger partial charge in [-0.2, -0.15) is 0 Å². The first-order valence-electron chi connectivity index (χ1n) is 11.3. The van der Waals surface area contributed by atoms with Crippen LogP contribution in [0.4, 0.5) is 23.1 Å². The van der Waals surface area contributed by atoms with E-state index in [0.717, 1.165) is 64.2 Å². The van der Waals surface area contributed by atoms with E-state index in [4.69, 9.17) is 22.2 Å². The Hall–Kier alpha value is -3.10. The molecular formula is C25H29N7S. The number of hydrogen-bond acceptors (Lipinski definition) is 7. The number of hydrogen-bond donors (Lipinski definition) is 2. The van der Waals surface area contributed by atoms with Gasteiger partial charge >= 0.3 is 0 Å². The van der Waals surface area contributed by atoms with Gasteiger partial charge in [0.2, 0.25) is 5.95 Å². The lowest BCUT2D eigenvalue weighted by Crippen LogP contribution is -2.34. The van der Waals surface area contributed by atoms with Crippen LogP contribution in [0.2, 0.25) is 0 Å². The van der Waals surface area contributed by atoms with Crippen LogP contribution in [0, 0.1) is 13.8 Å². The van der Waals surface area contributed by atoms with E-state index in [1.54, 1.807) is 0 Å². The van der Waals surface area contributed by atoms with Crippen molar-refractivity contribution in [2.45, 2.75) is 32.7 Å². The monoisotopic (exact) mass is 459 g/mol. The highest BCUT2D eigenvalue weighted by atomic mass is 32.1. The first-order chi connectivity index (χ1) is 15.9. The van der Waals surface area contributed by atoms with E-state index in [-0.39, 0.29) is 0 Å². The summed E-state index contributed by atoms with van der Waals surface area (Å²) in [6.07, 6.45) is 3.65. The molecule has 3 aromatic rings. The van der Waals surface area contributed by atoms with Gasteiger partial charge in [0.25, 0.3) is 0 Å². The second-order valence-corrected chi connectivity index (χ2v) is 9.58. The first kappa shape index (κ1) is 21.7. The van der Waals surface area contributed by atoms with Crippen LogP contribution in [-0.4, -0.2) is 58.1 Å². The third-order valence-corrected chi connectivity index (χ3v) is 6.76. The number of rotatable bonds is 4. The molecule has 0 spiro atoms. The van der Waals surface area contributed by atoms with Gasteiger partial charge in [0.15, 0.2) is 0 Å². The van der Waals surface area contributed by atoms with Crippen molar-refractivity contribution in [2.24, 2.45) is 0 Å². The molecule has 1 unspecified atom stereocenters. The molecule has 2 aliphatic rings. The van der Waals surface area contributed by atoms with Crippen LogP contribution >= 0.6 is 12.2 Å². The summed E-state index contributed by atoms with van der Waals surface area (Å²) < 4.78 is 0. The standard InChI is InChI=1S/C25H29N7S/c1-15-5-6-19-21(11-15)28-23(33)12-17-13-26-25(30-24(17)19)29-20-7-8-22(27-16(20)2)32(4)18-9-10-31(3)14-18/h5-8,11,13,18H,9-10,12,14H2,1-4H3,(H,28,33)(H,26,29,30). The van der Waals surface area contributed by atoms with E-state index in [9.17, 15) is 0 Å². The first-order valence-corrected chi connectivity index (χ1v) is 11.7. The molecule has 1 aromatic carbocycles. The third kappa shape index (κ3) is 4.41. The summed E-state index contributed by atoms with van der Waals surface area (Å²) in [5.74, 6) is 1.54. The lowest BCUT2D eigenvalue weighted by atomic mass is 10.0. The van der Waals surface area contributed by atoms with Gasteiger partial charge in [-0.05, 0) is 57.6 Å². The molecule has 170 valence electrons. The Labute approximate surface area is 200 Å². The number of pyridine rings is 1. The van der Waals surface area contributed by atoms with Gasteiger partial charge in [-0.3, -0.25) is 0 Å². The van der Waals surface area contributed by atoms with Crippen LogP contribution in [0.3, 0.4) is 0 Å². The zero-order valence-electron chi connectivity index (χ0n) is 19.5. The van der Waals surface area contributed by atoms with Crippen LogP contribution in [0.5, 0.6) is 0 Å². The Balaban J connectivity index is 1.42. The largest absolute Gasteiger partial charge is 0.355 e. The van der Waals surface area contributed by atoms with E-state index in [2.05, 4.69) is 76.8 Å². The number of thiocarbonyl (C=S) groups is 1. The van der Waals surface area contributed by atoms with Gasteiger partial charge in [0.1, 0.15) is 5.82 Å². The molecule has 2 N–H and O–H groups in total. The lowest BCUT2D eigenvalue weighted by molar-refractivity contribution is 0.409. The number of likely N-dealkylation sites (tertiary alicyclic amines) is 1. The summed E-state index contributed by atoms with van der Waals surface area (Å²) in [6, 6.07) is 10.9. The Kier molecular flexibility index (Phi) is 5.72.